The van der Waals surface area contributed by atoms with Gasteiger partial charge in [-0.15, -0.1) is 0 Å². The molecule has 0 bridgehead atoms. The normalized spacial score (nSPS) is 13.0. The van der Waals surface area contributed by atoms with Crippen molar-refractivity contribution in [2.24, 2.45) is 0 Å². The minimum Gasteiger partial charge on any atom is -0.495 e. The lowest BCUT2D eigenvalue weighted by Crippen LogP contribution is -2.35. The monoisotopic (exact) mass is 374 g/mol. The Balaban J connectivity index is 1.54. The summed E-state index contributed by atoms with van der Waals surface area (Å²) < 4.78 is 5.37. The molecule has 1 N–H and O–H groups in total. The first-order chi connectivity index (χ1) is 13.7. The molecule has 0 unspecified atom stereocenters. The Morgan fingerprint density at radius 3 is 2.71 bits per heavy atom. The van der Waals surface area contributed by atoms with Crippen LogP contribution >= 0.6 is 0 Å². The third-order valence-corrected chi connectivity index (χ3v) is 4.86. The fourth-order valence-electron chi connectivity index (χ4n) is 3.44. The van der Waals surface area contributed by atoms with Gasteiger partial charge in [-0.3, -0.25) is 4.79 Å². The van der Waals surface area contributed by atoms with E-state index in [1.54, 1.807) is 19.5 Å². The van der Waals surface area contributed by atoms with Crippen molar-refractivity contribution >= 4 is 23.2 Å². The average Bonchev–Trinajstić information content (AvgIpc) is 2.73. The molecule has 1 aromatic heterocycles. The highest BCUT2D eigenvalue weighted by Crippen LogP contribution is 2.29. The van der Waals surface area contributed by atoms with E-state index in [9.17, 15) is 4.79 Å². The molecule has 1 aliphatic rings. The number of carbonyl (C=O) groups is 1. The van der Waals surface area contributed by atoms with Crippen molar-refractivity contribution in [3.05, 3.63) is 71.5 Å². The second kappa shape index (κ2) is 7.68. The van der Waals surface area contributed by atoms with Gasteiger partial charge in [0.1, 0.15) is 5.75 Å². The zero-order valence-electron chi connectivity index (χ0n) is 16.0. The molecule has 0 radical (unpaired) electrons. The topological polar surface area (TPSA) is 67.3 Å². The Morgan fingerprint density at radius 1 is 1.14 bits per heavy atom. The first kappa shape index (κ1) is 18.0. The summed E-state index contributed by atoms with van der Waals surface area (Å²) in [5, 5.41) is 3.15. The summed E-state index contributed by atoms with van der Waals surface area (Å²) in [5.41, 5.74) is 4.53. The molecule has 2 aromatic carbocycles. The molecule has 6 nitrogen and oxygen atoms in total. The highest BCUT2D eigenvalue weighted by Gasteiger charge is 2.23. The van der Waals surface area contributed by atoms with Gasteiger partial charge in [-0.2, -0.15) is 0 Å². The number of benzene rings is 2. The van der Waals surface area contributed by atoms with Gasteiger partial charge >= 0.3 is 0 Å². The van der Waals surface area contributed by atoms with Gasteiger partial charge < -0.3 is 15.0 Å². The Hall–Kier alpha value is -3.41. The van der Waals surface area contributed by atoms with Crippen molar-refractivity contribution < 1.29 is 9.53 Å². The van der Waals surface area contributed by atoms with Crippen LogP contribution in [0.2, 0.25) is 0 Å². The van der Waals surface area contributed by atoms with Crippen LogP contribution in [-0.4, -0.2) is 29.5 Å². The molecule has 0 atom stereocenters. The van der Waals surface area contributed by atoms with Gasteiger partial charge in [0.15, 0.2) is 0 Å². The Bertz CT molecular complexity index is 1000. The maximum absolute atomic E-state index is 13.0. The Labute approximate surface area is 164 Å². The number of fused-ring (bicyclic) bond motifs is 1. The van der Waals surface area contributed by atoms with E-state index in [1.807, 2.05) is 48.2 Å². The summed E-state index contributed by atoms with van der Waals surface area (Å²) in [6, 6.07) is 13.9. The van der Waals surface area contributed by atoms with Gasteiger partial charge in [-0.25, -0.2) is 9.97 Å². The number of anilines is 3. The molecule has 28 heavy (non-hydrogen) atoms. The standard InChI is InChI=1S/C22H22N4O2/c1-15-9-10-20(28-2)18(12-15)25-22-23-13-17(14-24-22)21(27)26-11-5-7-16-6-3-4-8-19(16)26/h3-4,6,8-10,12-14H,5,7,11H2,1-2H3,(H,23,24,25). The number of hydrogen-bond donors (Lipinski definition) is 1. The van der Waals surface area contributed by atoms with Crippen LogP contribution in [0.25, 0.3) is 0 Å². The van der Waals surface area contributed by atoms with E-state index in [-0.39, 0.29) is 5.91 Å². The zero-order chi connectivity index (χ0) is 19.5. The zero-order valence-corrected chi connectivity index (χ0v) is 16.0. The molecule has 0 saturated heterocycles. The van der Waals surface area contributed by atoms with Gasteiger partial charge in [0.05, 0.1) is 18.4 Å². The van der Waals surface area contributed by atoms with Crippen molar-refractivity contribution in [2.45, 2.75) is 19.8 Å². The van der Waals surface area contributed by atoms with Gasteiger partial charge in [0, 0.05) is 24.6 Å². The lowest BCUT2D eigenvalue weighted by atomic mass is 10.0. The maximum Gasteiger partial charge on any atom is 0.261 e. The first-order valence-corrected chi connectivity index (χ1v) is 9.29. The SMILES string of the molecule is COc1ccc(C)cc1Nc1ncc(C(=O)N2CCCc3ccccc32)cn1. The number of para-hydroxylation sites is 1. The summed E-state index contributed by atoms with van der Waals surface area (Å²) in [6.45, 7) is 2.71. The predicted octanol–water partition coefficient (Wildman–Crippen LogP) is 4.13. The van der Waals surface area contributed by atoms with Gasteiger partial charge in [-0.05, 0) is 49.1 Å². The fourth-order valence-corrected chi connectivity index (χ4v) is 3.44. The largest absolute Gasteiger partial charge is 0.495 e. The van der Waals surface area contributed by atoms with E-state index < -0.39 is 0 Å². The number of nitrogens with one attached hydrogen (secondary N) is 1. The quantitative estimate of drug-likeness (QED) is 0.744. The summed E-state index contributed by atoms with van der Waals surface area (Å²) in [7, 11) is 1.62. The summed E-state index contributed by atoms with van der Waals surface area (Å²) in [4.78, 5) is 23.4. The molecule has 142 valence electrons. The lowest BCUT2D eigenvalue weighted by Gasteiger charge is -2.29. The van der Waals surface area contributed by atoms with E-state index in [2.05, 4.69) is 21.4 Å². The second-order valence-electron chi connectivity index (χ2n) is 6.81. The third-order valence-electron chi connectivity index (χ3n) is 4.86. The van der Waals surface area contributed by atoms with E-state index >= 15 is 0 Å². The number of aryl methyl sites for hydroxylation is 2. The van der Waals surface area contributed by atoms with Crippen molar-refractivity contribution in [1.29, 1.82) is 0 Å². The average molecular weight is 374 g/mol. The van der Waals surface area contributed by atoms with Crippen molar-refractivity contribution in [2.75, 3.05) is 23.9 Å². The fraction of sp³-hybridized carbons (Fsp3) is 0.227. The lowest BCUT2D eigenvalue weighted by molar-refractivity contribution is 0.0984. The Kier molecular flexibility index (Phi) is 4.93. The van der Waals surface area contributed by atoms with Crippen LogP contribution in [0.15, 0.2) is 54.9 Å². The molecule has 3 aromatic rings. The highest BCUT2D eigenvalue weighted by atomic mass is 16.5. The van der Waals surface area contributed by atoms with Crippen molar-refractivity contribution in [3.8, 4) is 5.75 Å². The second-order valence-corrected chi connectivity index (χ2v) is 6.81. The van der Waals surface area contributed by atoms with Crippen LogP contribution in [-0.2, 0) is 6.42 Å². The summed E-state index contributed by atoms with van der Waals surface area (Å²) >= 11 is 0. The molecule has 1 aliphatic heterocycles. The van der Waals surface area contributed by atoms with Crippen LogP contribution in [0.3, 0.4) is 0 Å². The summed E-state index contributed by atoms with van der Waals surface area (Å²) in [6.07, 6.45) is 5.09. The van der Waals surface area contributed by atoms with Crippen LogP contribution in [0.5, 0.6) is 5.75 Å². The van der Waals surface area contributed by atoms with Crippen molar-refractivity contribution in [1.82, 2.24) is 9.97 Å². The van der Waals surface area contributed by atoms with E-state index in [1.165, 1.54) is 5.56 Å². The minimum atomic E-state index is -0.0770. The molecular formula is C22H22N4O2. The number of methoxy groups -OCH3 is 1. The molecule has 1 amide bonds. The van der Waals surface area contributed by atoms with E-state index in [0.29, 0.717) is 23.8 Å². The van der Waals surface area contributed by atoms with Crippen LogP contribution in [0.4, 0.5) is 17.3 Å². The van der Waals surface area contributed by atoms with Crippen molar-refractivity contribution in [3.63, 3.8) is 0 Å². The van der Waals surface area contributed by atoms with Gasteiger partial charge in [-0.1, -0.05) is 24.3 Å². The minimum absolute atomic E-state index is 0.0770. The number of ether oxygens (including phenoxy) is 1. The molecule has 0 saturated carbocycles. The maximum atomic E-state index is 13.0. The van der Waals surface area contributed by atoms with E-state index in [4.69, 9.17) is 4.74 Å². The summed E-state index contributed by atoms with van der Waals surface area (Å²) in [5.74, 6) is 1.05. The smallest absolute Gasteiger partial charge is 0.261 e. The number of rotatable bonds is 4. The highest BCUT2D eigenvalue weighted by molar-refractivity contribution is 6.06. The number of nitrogens with zero attached hydrogens (tertiary/aromatic N) is 3. The molecular weight excluding hydrogens is 352 g/mol. The van der Waals surface area contributed by atoms with Crippen LogP contribution < -0.4 is 15.0 Å². The molecule has 2 heterocycles. The molecule has 4 rings (SSSR count). The van der Waals surface area contributed by atoms with E-state index in [0.717, 1.165) is 29.8 Å². The Morgan fingerprint density at radius 2 is 1.93 bits per heavy atom. The van der Waals surface area contributed by atoms with Crippen LogP contribution in [0, 0.1) is 6.92 Å². The van der Waals surface area contributed by atoms with Gasteiger partial charge in [0.2, 0.25) is 5.95 Å². The molecule has 0 aliphatic carbocycles. The number of carbonyl (C=O) groups excluding carboxylic acids is 1. The number of aromatic nitrogens is 2. The first-order valence-electron chi connectivity index (χ1n) is 9.29. The molecule has 6 heteroatoms. The molecule has 0 spiro atoms. The van der Waals surface area contributed by atoms with Crippen LogP contribution in [0.1, 0.15) is 27.9 Å². The number of hydrogen-bond acceptors (Lipinski definition) is 5. The number of amides is 1. The predicted molar refractivity (Wildman–Crippen MR) is 109 cm³/mol. The molecule has 0 fully saturated rings. The third kappa shape index (κ3) is 3.53. The van der Waals surface area contributed by atoms with Gasteiger partial charge in [0.25, 0.3) is 5.91 Å².